The van der Waals surface area contributed by atoms with Crippen LogP contribution < -0.4 is 10.1 Å². The Balaban J connectivity index is 1.72. The van der Waals surface area contributed by atoms with Crippen molar-refractivity contribution in [3.63, 3.8) is 0 Å². The third-order valence-corrected chi connectivity index (χ3v) is 4.00. The molecule has 1 aromatic carbocycles. The van der Waals surface area contributed by atoms with Gasteiger partial charge in [-0.3, -0.25) is 4.79 Å². The van der Waals surface area contributed by atoms with Crippen molar-refractivity contribution >= 4 is 34.8 Å². The van der Waals surface area contributed by atoms with Crippen LogP contribution in [0.25, 0.3) is 0 Å². The molecule has 25 heavy (non-hydrogen) atoms. The molecular weight excluding hydrogens is 363 g/mol. The number of aromatic nitrogens is 1. The number of para-hydroxylation sites is 1. The molecule has 0 fully saturated rings. The summed E-state index contributed by atoms with van der Waals surface area (Å²) < 4.78 is 11.0. The fourth-order valence-corrected chi connectivity index (χ4v) is 2.73. The van der Waals surface area contributed by atoms with Crippen LogP contribution in [0.1, 0.15) is 21.9 Å². The highest BCUT2D eigenvalue weighted by atomic mass is 35.5. The third kappa shape index (κ3) is 3.95. The van der Waals surface area contributed by atoms with Gasteiger partial charge in [0.1, 0.15) is 11.5 Å². The van der Waals surface area contributed by atoms with Crippen LogP contribution in [0.3, 0.4) is 0 Å². The molecule has 7 heteroatoms. The van der Waals surface area contributed by atoms with E-state index in [-0.39, 0.29) is 5.91 Å². The summed E-state index contributed by atoms with van der Waals surface area (Å²) in [4.78, 5) is 16.4. The maximum Gasteiger partial charge on any atom is 0.259 e. The van der Waals surface area contributed by atoms with Crippen LogP contribution in [0.15, 0.2) is 47.0 Å². The van der Waals surface area contributed by atoms with Crippen LogP contribution in [0, 0.1) is 13.8 Å². The molecule has 0 bridgehead atoms. The Labute approximate surface area is 154 Å². The van der Waals surface area contributed by atoms with E-state index in [0.29, 0.717) is 44.4 Å². The summed E-state index contributed by atoms with van der Waals surface area (Å²) in [7, 11) is 0. The van der Waals surface area contributed by atoms with Gasteiger partial charge in [-0.15, -0.1) is 0 Å². The number of furan rings is 1. The second kappa shape index (κ2) is 7.17. The van der Waals surface area contributed by atoms with Gasteiger partial charge in [0, 0.05) is 6.07 Å². The van der Waals surface area contributed by atoms with Gasteiger partial charge in [-0.05, 0) is 38.1 Å². The number of hydrogen-bond donors (Lipinski definition) is 1. The van der Waals surface area contributed by atoms with Crippen LogP contribution in [0.2, 0.25) is 10.0 Å². The topological polar surface area (TPSA) is 64.4 Å². The fourth-order valence-electron chi connectivity index (χ4n) is 2.25. The first-order valence-electron chi connectivity index (χ1n) is 7.40. The molecule has 0 saturated carbocycles. The predicted octanol–water partition coefficient (Wildman–Crippen LogP) is 5.64. The Morgan fingerprint density at radius 3 is 2.44 bits per heavy atom. The molecule has 1 amide bonds. The van der Waals surface area contributed by atoms with Gasteiger partial charge in [-0.2, -0.15) is 0 Å². The molecule has 0 atom stereocenters. The highest BCUT2D eigenvalue weighted by molar-refractivity contribution is 6.37. The molecule has 0 aliphatic rings. The SMILES string of the molecule is Cc1cc(C(=O)Nc2ccc(Oc3c(Cl)cccc3Cl)nc2)c(C)o1. The van der Waals surface area contributed by atoms with E-state index in [4.69, 9.17) is 32.4 Å². The second-order valence-electron chi connectivity index (χ2n) is 5.32. The van der Waals surface area contributed by atoms with E-state index in [9.17, 15) is 4.79 Å². The number of amides is 1. The molecule has 3 rings (SSSR count). The lowest BCUT2D eigenvalue weighted by Gasteiger charge is -2.09. The maximum atomic E-state index is 12.2. The van der Waals surface area contributed by atoms with Crippen molar-refractivity contribution in [2.45, 2.75) is 13.8 Å². The summed E-state index contributed by atoms with van der Waals surface area (Å²) in [5, 5.41) is 3.53. The summed E-state index contributed by atoms with van der Waals surface area (Å²) in [6.45, 7) is 3.53. The monoisotopic (exact) mass is 376 g/mol. The standard InChI is InChI=1S/C18H14Cl2N2O3/c1-10-8-13(11(2)24-10)18(23)22-12-6-7-16(21-9-12)25-17-14(19)4-3-5-15(17)20/h3-9H,1-2H3,(H,22,23). The lowest BCUT2D eigenvalue weighted by atomic mass is 10.2. The van der Waals surface area contributed by atoms with Crippen molar-refractivity contribution in [1.82, 2.24) is 4.98 Å². The number of hydrogen-bond acceptors (Lipinski definition) is 4. The number of carbonyl (C=O) groups is 1. The van der Waals surface area contributed by atoms with Gasteiger partial charge < -0.3 is 14.5 Å². The van der Waals surface area contributed by atoms with E-state index >= 15 is 0 Å². The zero-order valence-electron chi connectivity index (χ0n) is 13.5. The average molecular weight is 377 g/mol. The minimum atomic E-state index is -0.265. The predicted molar refractivity (Wildman–Crippen MR) is 96.9 cm³/mol. The molecule has 0 spiro atoms. The summed E-state index contributed by atoms with van der Waals surface area (Å²) in [5.74, 6) is 1.62. The Bertz CT molecular complexity index is 900. The first-order chi connectivity index (χ1) is 11.9. The zero-order chi connectivity index (χ0) is 18.0. The Kier molecular flexibility index (Phi) is 4.97. The summed E-state index contributed by atoms with van der Waals surface area (Å²) in [6, 6.07) is 10.0. The van der Waals surface area contributed by atoms with Crippen molar-refractivity contribution in [3.8, 4) is 11.6 Å². The maximum absolute atomic E-state index is 12.2. The van der Waals surface area contributed by atoms with Gasteiger partial charge in [-0.1, -0.05) is 29.3 Å². The molecule has 0 saturated heterocycles. The number of nitrogens with one attached hydrogen (secondary N) is 1. The number of pyridine rings is 1. The van der Waals surface area contributed by atoms with E-state index in [1.54, 1.807) is 50.2 Å². The summed E-state index contributed by atoms with van der Waals surface area (Å²) in [6.07, 6.45) is 1.49. The molecule has 0 aliphatic carbocycles. The van der Waals surface area contributed by atoms with Crippen LogP contribution in [-0.4, -0.2) is 10.9 Å². The molecule has 128 valence electrons. The van der Waals surface area contributed by atoms with Crippen LogP contribution in [0.4, 0.5) is 5.69 Å². The van der Waals surface area contributed by atoms with Crippen molar-refractivity contribution in [3.05, 3.63) is 69.7 Å². The molecular formula is C18H14Cl2N2O3. The average Bonchev–Trinajstić information content (AvgIpc) is 2.91. The third-order valence-electron chi connectivity index (χ3n) is 3.41. The van der Waals surface area contributed by atoms with E-state index in [1.165, 1.54) is 6.20 Å². The van der Waals surface area contributed by atoms with E-state index in [0.717, 1.165) is 0 Å². The number of anilines is 1. The van der Waals surface area contributed by atoms with Gasteiger partial charge in [0.15, 0.2) is 5.75 Å². The molecule has 0 aliphatic heterocycles. The van der Waals surface area contributed by atoms with Crippen LogP contribution in [-0.2, 0) is 0 Å². The Hall–Kier alpha value is -2.50. The van der Waals surface area contributed by atoms with Gasteiger partial charge in [-0.25, -0.2) is 4.98 Å². The minimum absolute atomic E-state index is 0.265. The number of rotatable bonds is 4. The van der Waals surface area contributed by atoms with Crippen molar-refractivity contribution in [1.29, 1.82) is 0 Å². The van der Waals surface area contributed by atoms with Gasteiger partial charge in [0.25, 0.3) is 5.91 Å². The van der Waals surface area contributed by atoms with Gasteiger partial charge in [0.05, 0.1) is 27.5 Å². The lowest BCUT2D eigenvalue weighted by Crippen LogP contribution is -2.12. The zero-order valence-corrected chi connectivity index (χ0v) is 15.0. The number of halogens is 2. The molecule has 2 heterocycles. The molecule has 3 aromatic rings. The van der Waals surface area contributed by atoms with Crippen molar-refractivity contribution in [2.75, 3.05) is 5.32 Å². The largest absolute Gasteiger partial charge is 0.466 e. The summed E-state index contributed by atoms with van der Waals surface area (Å²) >= 11 is 12.1. The van der Waals surface area contributed by atoms with Crippen molar-refractivity contribution in [2.24, 2.45) is 0 Å². The van der Waals surface area contributed by atoms with Gasteiger partial charge in [0.2, 0.25) is 5.88 Å². The first kappa shape index (κ1) is 17.3. The quantitative estimate of drug-likeness (QED) is 0.639. The van der Waals surface area contributed by atoms with Crippen LogP contribution >= 0.6 is 23.2 Å². The Morgan fingerprint density at radius 1 is 1.16 bits per heavy atom. The van der Waals surface area contributed by atoms with Crippen LogP contribution in [0.5, 0.6) is 11.6 Å². The van der Waals surface area contributed by atoms with E-state index in [2.05, 4.69) is 10.3 Å². The number of nitrogens with zero attached hydrogens (tertiary/aromatic N) is 1. The highest BCUT2D eigenvalue weighted by Gasteiger charge is 2.14. The van der Waals surface area contributed by atoms with E-state index < -0.39 is 0 Å². The smallest absolute Gasteiger partial charge is 0.259 e. The fraction of sp³-hybridized carbons (Fsp3) is 0.111. The second-order valence-corrected chi connectivity index (χ2v) is 6.13. The number of aryl methyl sites for hydroxylation is 2. The molecule has 0 unspecified atom stereocenters. The molecule has 2 aromatic heterocycles. The summed E-state index contributed by atoms with van der Waals surface area (Å²) in [5.41, 5.74) is 1.02. The Morgan fingerprint density at radius 2 is 1.88 bits per heavy atom. The lowest BCUT2D eigenvalue weighted by molar-refractivity contribution is 0.102. The van der Waals surface area contributed by atoms with Crippen molar-refractivity contribution < 1.29 is 13.9 Å². The molecule has 1 N–H and O–H groups in total. The highest BCUT2D eigenvalue weighted by Crippen LogP contribution is 2.35. The van der Waals surface area contributed by atoms with E-state index in [1.807, 2.05) is 0 Å². The minimum Gasteiger partial charge on any atom is -0.466 e. The van der Waals surface area contributed by atoms with Gasteiger partial charge >= 0.3 is 0 Å². The molecule has 0 radical (unpaired) electrons. The first-order valence-corrected chi connectivity index (χ1v) is 8.16. The number of carbonyl (C=O) groups excluding carboxylic acids is 1. The molecule has 5 nitrogen and oxygen atoms in total. The normalized spacial score (nSPS) is 10.6. The number of ether oxygens (including phenoxy) is 1. The number of benzene rings is 1.